The van der Waals surface area contributed by atoms with Crippen molar-refractivity contribution in [3.8, 4) is 0 Å². The first kappa shape index (κ1) is 11.0. The number of nitrogens with one attached hydrogen (secondary N) is 1. The number of thiophene rings is 1. The molecule has 0 bridgehead atoms. The summed E-state index contributed by atoms with van der Waals surface area (Å²) in [7, 11) is 0. The van der Waals surface area contributed by atoms with Gasteiger partial charge in [-0.05, 0) is 28.5 Å². The van der Waals surface area contributed by atoms with E-state index in [1.807, 2.05) is 18.2 Å². The molecular formula is C12H7NOS3. The molecule has 1 N–H and O–H groups in total. The predicted octanol–water partition coefficient (Wildman–Crippen LogP) is 3.39. The largest absolute Gasteiger partial charge is 0.307 e. The van der Waals surface area contributed by atoms with Crippen LogP contribution < -0.4 is 5.32 Å². The number of hydrogen-bond donors (Lipinski definition) is 1. The summed E-state index contributed by atoms with van der Waals surface area (Å²) in [4.78, 5) is 12.2. The summed E-state index contributed by atoms with van der Waals surface area (Å²) >= 11 is 7.96. The quantitative estimate of drug-likeness (QED) is 0.640. The van der Waals surface area contributed by atoms with E-state index in [9.17, 15) is 4.79 Å². The Morgan fingerprint density at radius 1 is 1.29 bits per heavy atom. The Bertz CT molecular complexity index is 657. The highest BCUT2D eigenvalue weighted by atomic mass is 32.2. The standard InChI is InChI=1S/C12H7NOS3/c14-11-10(17-12(15)13-11)5-7-6-16-9-4-2-1-3-8(7)9/h1-6H,(H,13,14,15)/b10-5+. The van der Waals surface area contributed by atoms with E-state index in [0.29, 0.717) is 9.23 Å². The third kappa shape index (κ3) is 2.01. The molecule has 0 atom stereocenters. The molecule has 3 rings (SSSR count). The maximum Gasteiger partial charge on any atom is 0.263 e. The number of thioether (sulfide) groups is 1. The zero-order chi connectivity index (χ0) is 11.8. The Morgan fingerprint density at radius 2 is 2.12 bits per heavy atom. The van der Waals surface area contributed by atoms with E-state index in [2.05, 4.69) is 22.8 Å². The summed E-state index contributed by atoms with van der Waals surface area (Å²) < 4.78 is 1.76. The fourth-order valence-electron chi connectivity index (χ4n) is 1.67. The summed E-state index contributed by atoms with van der Waals surface area (Å²) in [6, 6.07) is 8.16. The number of fused-ring (bicyclic) bond motifs is 1. The lowest BCUT2D eigenvalue weighted by molar-refractivity contribution is -0.115. The molecule has 5 heteroatoms. The van der Waals surface area contributed by atoms with Crippen molar-refractivity contribution in [3.63, 3.8) is 0 Å². The van der Waals surface area contributed by atoms with Crippen LogP contribution in [0.25, 0.3) is 16.2 Å². The van der Waals surface area contributed by atoms with Crippen molar-refractivity contribution in [3.05, 3.63) is 40.1 Å². The van der Waals surface area contributed by atoms with Crippen molar-refractivity contribution in [1.29, 1.82) is 0 Å². The van der Waals surface area contributed by atoms with Gasteiger partial charge in [-0.25, -0.2) is 0 Å². The topological polar surface area (TPSA) is 29.1 Å². The van der Waals surface area contributed by atoms with Crippen molar-refractivity contribution in [2.24, 2.45) is 0 Å². The molecule has 0 unspecified atom stereocenters. The molecular weight excluding hydrogens is 270 g/mol. The predicted molar refractivity (Wildman–Crippen MR) is 78.1 cm³/mol. The van der Waals surface area contributed by atoms with Crippen molar-refractivity contribution >= 4 is 61.7 Å². The average molecular weight is 277 g/mol. The second-order valence-corrected chi connectivity index (χ2v) is 6.17. The van der Waals surface area contributed by atoms with Crippen LogP contribution in [0.15, 0.2) is 34.6 Å². The molecule has 0 saturated carbocycles. The number of benzene rings is 1. The van der Waals surface area contributed by atoms with Gasteiger partial charge in [0.2, 0.25) is 0 Å². The van der Waals surface area contributed by atoms with E-state index in [1.54, 1.807) is 11.3 Å². The molecule has 0 radical (unpaired) electrons. The van der Waals surface area contributed by atoms with Gasteiger partial charge < -0.3 is 5.32 Å². The highest BCUT2D eigenvalue weighted by Crippen LogP contribution is 2.31. The molecule has 1 aromatic carbocycles. The molecule has 17 heavy (non-hydrogen) atoms. The van der Waals surface area contributed by atoms with Crippen molar-refractivity contribution < 1.29 is 4.79 Å². The Kier molecular flexibility index (Phi) is 2.74. The second-order valence-electron chi connectivity index (χ2n) is 3.54. The first-order valence-corrected chi connectivity index (χ1v) is 7.05. The van der Waals surface area contributed by atoms with Crippen LogP contribution in [0.5, 0.6) is 0 Å². The van der Waals surface area contributed by atoms with Gasteiger partial charge in [-0.2, -0.15) is 0 Å². The molecule has 1 saturated heterocycles. The lowest BCUT2D eigenvalue weighted by atomic mass is 10.1. The first-order chi connectivity index (χ1) is 8.24. The second kappa shape index (κ2) is 4.25. The number of carbonyl (C=O) groups excluding carboxylic acids is 1. The van der Waals surface area contributed by atoms with Crippen molar-refractivity contribution in [2.75, 3.05) is 0 Å². The van der Waals surface area contributed by atoms with Crippen LogP contribution in [0, 0.1) is 0 Å². The van der Waals surface area contributed by atoms with Crippen LogP contribution in [-0.2, 0) is 4.79 Å². The van der Waals surface area contributed by atoms with Gasteiger partial charge in [0.15, 0.2) is 0 Å². The number of amides is 1. The lowest BCUT2D eigenvalue weighted by Gasteiger charge is -1.93. The summed E-state index contributed by atoms with van der Waals surface area (Å²) in [6.45, 7) is 0. The minimum absolute atomic E-state index is 0.102. The molecule has 1 fully saturated rings. The number of thiocarbonyl (C=S) groups is 1. The minimum Gasteiger partial charge on any atom is -0.307 e. The zero-order valence-corrected chi connectivity index (χ0v) is 11.0. The zero-order valence-electron chi connectivity index (χ0n) is 8.60. The molecule has 0 aliphatic carbocycles. The van der Waals surface area contributed by atoms with Crippen molar-refractivity contribution in [2.45, 2.75) is 0 Å². The smallest absolute Gasteiger partial charge is 0.263 e. The highest BCUT2D eigenvalue weighted by molar-refractivity contribution is 8.26. The highest BCUT2D eigenvalue weighted by Gasteiger charge is 2.22. The maximum atomic E-state index is 11.6. The fourth-order valence-corrected chi connectivity index (χ4v) is 3.63. The Hall–Kier alpha value is -1.17. The van der Waals surface area contributed by atoms with E-state index in [0.717, 1.165) is 5.56 Å². The molecule has 2 heterocycles. The molecule has 1 aromatic heterocycles. The van der Waals surface area contributed by atoms with Gasteiger partial charge in [0.25, 0.3) is 5.91 Å². The lowest BCUT2D eigenvalue weighted by Crippen LogP contribution is -2.17. The molecule has 1 aliphatic rings. The molecule has 1 amide bonds. The van der Waals surface area contributed by atoms with E-state index in [-0.39, 0.29) is 5.91 Å². The summed E-state index contributed by atoms with van der Waals surface area (Å²) in [5.41, 5.74) is 1.08. The van der Waals surface area contributed by atoms with Gasteiger partial charge in [0.1, 0.15) is 4.32 Å². The first-order valence-electron chi connectivity index (χ1n) is 4.95. The summed E-state index contributed by atoms with van der Waals surface area (Å²) in [5.74, 6) is -0.102. The third-order valence-electron chi connectivity index (χ3n) is 2.44. The van der Waals surface area contributed by atoms with Crippen molar-refractivity contribution in [1.82, 2.24) is 5.32 Å². The molecule has 2 nitrogen and oxygen atoms in total. The average Bonchev–Trinajstić information content (AvgIpc) is 2.85. The Morgan fingerprint density at radius 3 is 2.88 bits per heavy atom. The van der Waals surface area contributed by atoms with Crippen LogP contribution in [-0.4, -0.2) is 10.2 Å². The SMILES string of the molecule is O=C1NC(=S)S/C1=C/c1csc2ccccc12. The van der Waals surface area contributed by atoms with E-state index >= 15 is 0 Å². The molecule has 0 spiro atoms. The van der Waals surface area contributed by atoms with E-state index in [4.69, 9.17) is 12.2 Å². The van der Waals surface area contributed by atoms with Gasteiger partial charge in [0, 0.05) is 4.70 Å². The van der Waals surface area contributed by atoms with Gasteiger partial charge in [-0.3, -0.25) is 4.79 Å². The summed E-state index contributed by atoms with van der Waals surface area (Å²) in [5, 5.41) is 5.86. The fraction of sp³-hybridized carbons (Fsp3) is 0. The van der Waals surface area contributed by atoms with Crippen LogP contribution in [0.2, 0.25) is 0 Å². The summed E-state index contributed by atoms with van der Waals surface area (Å²) in [6.07, 6.45) is 1.90. The number of hydrogen-bond acceptors (Lipinski definition) is 4. The van der Waals surface area contributed by atoms with E-state index in [1.165, 1.54) is 21.8 Å². The Labute approximate surface area is 112 Å². The number of carbonyl (C=O) groups is 1. The monoisotopic (exact) mass is 277 g/mol. The number of rotatable bonds is 1. The van der Waals surface area contributed by atoms with Crippen LogP contribution >= 0.6 is 35.3 Å². The molecule has 2 aromatic rings. The minimum atomic E-state index is -0.102. The van der Waals surface area contributed by atoms with Crippen LogP contribution in [0.4, 0.5) is 0 Å². The van der Waals surface area contributed by atoms with Gasteiger partial charge in [-0.1, -0.05) is 42.2 Å². The third-order valence-corrected chi connectivity index (χ3v) is 4.58. The van der Waals surface area contributed by atoms with Gasteiger partial charge >= 0.3 is 0 Å². The van der Waals surface area contributed by atoms with E-state index < -0.39 is 0 Å². The van der Waals surface area contributed by atoms with Gasteiger partial charge in [0.05, 0.1) is 4.91 Å². The van der Waals surface area contributed by atoms with Crippen LogP contribution in [0.1, 0.15) is 5.56 Å². The van der Waals surface area contributed by atoms with Crippen LogP contribution in [0.3, 0.4) is 0 Å². The Balaban J connectivity index is 2.08. The normalized spacial score (nSPS) is 18.0. The molecule has 84 valence electrons. The maximum absolute atomic E-state index is 11.6. The van der Waals surface area contributed by atoms with Gasteiger partial charge in [-0.15, -0.1) is 11.3 Å². The molecule has 1 aliphatic heterocycles.